The van der Waals surface area contributed by atoms with Gasteiger partial charge in [-0.3, -0.25) is 0 Å². The zero-order valence-electron chi connectivity index (χ0n) is 18.4. The molecule has 0 aliphatic carbocycles. The van der Waals surface area contributed by atoms with E-state index in [0.29, 0.717) is 12.0 Å². The Labute approximate surface area is 199 Å². The molecule has 3 aliphatic heterocycles. The summed E-state index contributed by atoms with van der Waals surface area (Å²) in [6.07, 6.45) is -5.70. The van der Waals surface area contributed by atoms with Crippen molar-refractivity contribution in [1.82, 2.24) is 0 Å². The molecule has 2 fully saturated rings. The molecule has 190 valence electrons. The van der Waals surface area contributed by atoms with Crippen LogP contribution in [0.1, 0.15) is 16.8 Å². The predicted octanol–water partition coefficient (Wildman–Crippen LogP) is -0.316. The number of aliphatic hydroxyl groups excluding tert-OH is 3. The zero-order valence-corrected chi connectivity index (χ0v) is 18.4. The van der Waals surface area contributed by atoms with Crippen LogP contribution in [0, 0.1) is 11.8 Å². The standard InChI is InChI=1S/C23H26O12/c1-2-10-11-6-7-31-20(29)13(11)9-32-22(10)35-23-19(18(28)17(27)15(8-24)33-23)34-21(30)12-4-3-5-14(25)16(12)26/h2-5,9-11,15,17-19,22-28H,1,6-8H2/t10-,11+,15-,17-,18+,19-,22?,23+/m1/s1. The maximum atomic E-state index is 12.7. The van der Waals surface area contributed by atoms with Crippen LogP contribution in [0.15, 0.2) is 42.7 Å². The molecule has 0 radical (unpaired) electrons. The lowest BCUT2D eigenvalue weighted by molar-refractivity contribution is -0.338. The fourth-order valence-electron chi connectivity index (χ4n) is 4.33. The van der Waals surface area contributed by atoms with Gasteiger partial charge in [0.2, 0.25) is 12.6 Å². The average molecular weight is 494 g/mol. The quantitative estimate of drug-likeness (QED) is 0.198. The Morgan fingerprint density at radius 2 is 1.97 bits per heavy atom. The van der Waals surface area contributed by atoms with Gasteiger partial charge in [0.15, 0.2) is 17.6 Å². The molecular weight excluding hydrogens is 468 g/mol. The third kappa shape index (κ3) is 4.70. The van der Waals surface area contributed by atoms with E-state index in [1.54, 1.807) is 0 Å². The lowest BCUT2D eigenvalue weighted by atomic mass is 9.81. The highest BCUT2D eigenvalue weighted by atomic mass is 16.8. The number of phenolic OH excluding ortho intramolecular Hbond substituents is 2. The molecule has 12 heteroatoms. The van der Waals surface area contributed by atoms with Gasteiger partial charge in [-0.15, -0.1) is 6.58 Å². The summed E-state index contributed by atoms with van der Waals surface area (Å²) in [6, 6.07) is 3.64. The van der Waals surface area contributed by atoms with Crippen LogP contribution < -0.4 is 0 Å². The minimum Gasteiger partial charge on any atom is -0.504 e. The molecular formula is C23H26O12. The van der Waals surface area contributed by atoms with Gasteiger partial charge in [0.1, 0.15) is 23.9 Å². The molecule has 4 rings (SSSR count). The van der Waals surface area contributed by atoms with E-state index in [4.69, 9.17) is 23.7 Å². The van der Waals surface area contributed by atoms with Crippen LogP contribution in [0.25, 0.3) is 0 Å². The van der Waals surface area contributed by atoms with Gasteiger partial charge in [0, 0.05) is 11.8 Å². The number of benzene rings is 1. The Kier molecular flexibility index (Phi) is 7.28. The Morgan fingerprint density at radius 1 is 1.20 bits per heavy atom. The molecule has 3 aliphatic rings. The van der Waals surface area contributed by atoms with Gasteiger partial charge in [-0.05, 0) is 18.6 Å². The summed E-state index contributed by atoms with van der Waals surface area (Å²) in [5.74, 6) is -3.83. The van der Waals surface area contributed by atoms with Crippen LogP contribution in [0.5, 0.6) is 11.5 Å². The first-order valence-electron chi connectivity index (χ1n) is 10.9. The molecule has 0 bridgehead atoms. The summed E-state index contributed by atoms with van der Waals surface area (Å²) in [5.41, 5.74) is -0.0857. The van der Waals surface area contributed by atoms with Crippen molar-refractivity contribution in [2.45, 2.75) is 43.4 Å². The van der Waals surface area contributed by atoms with Crippen molar-refractivity contribution in [3.63, 3.8) is 0 Å². The predicted molar refractivity (Wildman–Crippen MR) is 114 cm³/mol. The molecule has 0 spiro atoms. The van der Waals surface area contributed by atoms with Crippen LogP contribution in [0.2, 0.25) is 0 Å². The van der Waals surface area contributed by atoms with E-state index in [1.165, 1.54) is 24.5 Å². The fourth-order valence-corrected chi connectivity index (χ4v) is 4.33. The highest BCUT2D eigenvalue weighted by Crippen LogP contribution is 2.39. The van der Waals surface area contributed by atoms with Gasteiger partial charge >= 0.3 is 11.9 Å². The first kappa shape index (κ1) is 24.9. The summed E-state index contributed by atoms with van der Waals surface area (Å²) >= 11 is 0. The third-order valence-electron chi connectivity index (χ3n) is 6.25. The average Bonchev–Trinajstić information content (AvgIpc) is 2.85. The van der Waals surface area contributed by atoms with Crippen LogP contribution in [0.3, 0.4) is 0 Å². The number of aromatic hydroxyl groups is 2. The number of phenols is 2. The van der Waals surface area contributed by atoms with E-state index in [0.717, 1.165) is 6.07 Å². The molecule has 1 unspecified atom stereocenters. The van der Waals surface area contributed by atoms with Gasteiger partial charge in [-0.25, -0.2) is 9.59 Å². The molecule has 35 heavy (non-hydrogen) atoms. The highest BCUT2D eigenvalue weighted by molar-refractivity contribution is 5.93. The second-order valence-corrected chi connectivity index (χ2v) is 8.31. The first-order valence-corrected chi connectivity index (χ1v) is 10.9. The van der Waals surface area contributed by atoms with Crippen molar-refractivity contribution in [2.24, 2.45) is 11.8 Å². The van der Waals surface area contributed by atoms with E-state index in [1.807, 2.05) is 0 Å². The fraction of sp³-hybridized carbons (Fsp3) is 0.478. The van der Waals surface area contributed by atoms with Gasteiger partial charge in [-0.1, -0.05) is 12.1 Å². The number of hydrogen-bond donors (Lipinski definition) is 5. The van der Waals surface area contributed by atoms with Crippen LogP contribution in [0.4, 0.5) is 0 Å². The normalized spacial score (nSPS) is 34.6. The van der Waals surface area contributed by atoms with E-state index >= 15 is 0 Å². The number of aliphatic hydroxyl groups is 3. The summed E-state index contributed by atoms with van der Waals surface area (Å²) in [7, 11) is 0. The molecule has 1 aromatic carbocycles. The summed E-state index contributed by atoms with van der Waals surface area (Å²) in [5, 5.41) is 50.2. The maximum absolute atomic E-state index is 12.7. The van der Waals surface area contributed by atoms with Crippen LogP contribution in [-0.4, -0.2) is 87.7 Å². The van der Waals surface area contributed by atoms with E-state index in [-0.39, 0.29) is 12.5 Å². The number of para-hydroxylation sites is 1. The number of rotatable bonds is 6. The molecule has 3 heterocycles. The van der Waals surface area contributed by atoms with Gasteiger partial charge in [-0.2, -0.15) is 0 Å². The smallest absolute Gasteiger partial charge is 0.342 e. The summed E-state index contributed by atoms with van der Waals surface area (Å²) in [6.45, 7) is 3.30. The van der Waals surface area contributed by atoms with Crippen molar-refractivity contribution in [3.05, 3.63) is 48.3 Å². The van der Waals surface area contributed by atoms with Crippen LogP contribution >= 0.6 is 0 Å². The Balaban J connectivity index is 1.59. The van der Waals surface area contributed by atoms with E-state index < -0.39 is 78.5 Å². The number of esters is 2. The SMILES string of the molecule is C=C[C@H]1C(O[C@@H]2O[C@H](CO)[C@@H](O)[C@H](O)[C@H]2OC(=O)c2cccc(O)c2O)OC=C2C(=O)OCC[C@H]21. The highest BCUT2D eigenvalue weighted by Gasteiger charge is 2.50. The minimum absolute atomic E-state index is 0.197. The number of fused-ring (bicyclic) bond motifs is 1. The van der Waals surface area contributed by atoms with Crippen molar-refractivity contribution in [2.75, 3.05) is 13.2 Å². The molecule has 0 amide bonds. The number of carbonyl (C=O) groups excluding carboxylic acids is 2. The maximum Gasteiger partial charge on any atom is 0.342 e. The minimum atomic E-state index is -1.75. The Hall–Kier alpha value is -3.16. The van der Waals surface area contributed by atoms with Crippen molar-refractivity contribution in [1.29, 1.82) is 0 Å². The second kappa shape index (κ2) is 10.2. The second-order valence-electron chi connectivity index (χ2n) is 8.31. The van der Waals surface area contributed by atoms with Crippen molar-refractivity contribution in [3.8, 4) is 11.5 Å². The van der Waals surface area contributed by atoms with Gasteiger partial charge in [0.05, 0.1) is 25.0 Å². The monoisotopic (exact) mass is 494 g/mol. The first-order chi connectivity index (χ1) is 16.8. The molecule has 0 aromatic heterocycles. The van der Waals surface area contributed by atoms with Crippen LogP contribution in [-0.2, 0) is 28.5 Å². The third-order valence-corrected chi connectivity index (χ3v) is 6.25. The number of carbonyl (C=O) groups is 2. The van der Waals surface area contributed by atoms with Crippen molar-refractivity contribution >= 4 is 11.9 Å². The molecule has 0 saturated carbocycles. The molecule has 8 atom stereocenters. The topological polar surface area (TPSA) is 181 Å². The Bertz CT molecular complexity index is 1010. The molecule has 12 nitrogen and oxygen atoms in total. The zero-order chi connectivity index (χ0) is 25.3. The lowest BCUT2D eigenvalue weighted by Gasteiger charge is -2.44. The Morgan fingerprint density at radius 3 is 2.69 bits per heavy atom. The largest absolute Gasteiger partial charge is 0.504 e. The number of hydrogen-bond acceptors (Lipinski definition) is 12. The molecule has 1 aromatic rings. The number of ether oxygens (including phenoxy) is 5. The number of cyclic esters (lactones) is 1. The van der Waals surface area contributed by atoms with Gasteiger partial charge in [0.25, 0.3) is 0 Å². The molecule has 5 N–H and O–H groups in total. The van der Waals surface area contributed by atoms with E-state index in [9.17, 15) is 35.1 Å². The van der Waals surface area contributed by atoms with E-state index in [2.05, 4.69) is 6.58 Å². The van der Waals surface area contributed by atoms with Gasteiger partial charge < -0.3 is 49.2 Å². The lowest BCUT2D eigenvalue weighted by Crippen LogP contribution is -2.61. The molecule has 2 saturated heterocycles. The van der Waals surface area contributed by atoms with Crippen molar-refractivity contribution < 1.29 is 58.8 Å². The summed E-state index contributed by atoms with van der Waals surface area (Å²) in [4.78, 5) is 24.8. The summed E-state index contributed by atoms with van der Waals surface area (Å²) < 4.78 is 27.4.